The topological polar surface area (TPSA) is 66.3 Å². The number of aliphatic carboxylic acids is 1. The average molecular weight is 283 g/mol. The second-order valence-corrected chi connectivity index (χ2v) is 4.71. The first-order chi connectivity index (χ1) is 10.1. The van der Waals surface area contributed by atoms with Crippen LogP contribution in [0.5, 0.6) is 0 Å². The second kappa shape index (κ2) is 6.65. The molecule has 0 saturated heterocycles. The molecule has 0 aliphatic carbocycles. The van der Waals surface area contributed by atoms with Gasteiger partial charge in [-0.05, 0) is 37.3 Å². The SMILES string of the molecule is Cc1cccc(CN(C)c2ncccc2/C=C/C(=O)O)n1. The minimum absolute atomic E-state index is 0.604. The molecule has 0 bridgehead atoms. The fraction of sp³-hybridized carbons (Fsp3) is 0.188. The Labute approximate surface area is 123 Å². The van der Waals surface area contributed by atoms with Crippen molar-refractivity contribution in [3.63, 3.8) is 0 Å². The zero-order valence-corrected chi connectivity index (χ0v) is 12.0. The van der Waals surface area contributed by atoms with Crippen molar-refractivity contribution in [3.05, 3.63) is 59.6 Å². The largest absolute Gasteiger partial charge is 0.478 e. The molecule has 2 aromatic heterocycles. The number of pyridine rings is 2. The number of nitrogens with zero attached hydrogens (tertiary/aromatic N) is 3. The summed E-state index contributed by atoms with van der Waals surface area (Å²) in [7, 11) is 1.91. The summed E-state index contributed by atoms with van der Waals surface area (Å²) in [6.45, 7) is 2.55. The average Bonchev–Trinajstić information content (AvgIpc) is 2.45. The molecule has 21 heavy (non-hydrogen) atoms. The molecule has 0 atom stereocenters. The van der Waals surface area contributed by atoms with Crippen LogP contribution in [0.25, 0.3) is 6.08 Å². The van der Waals surface area contributed by atoms with Crippen molar-refractivity contribution < 1.29 is 9.90 Å². The van der Waals surface area contributed by atoms with E-state index in [-0.39, 0.29) is 0 Å². The van der Waals surface area contributed by atoms with E-state index in [1.807, 2.05) is 43.1 Å². The maximum Gasteiger partial charge on any atom is 0.328 e. The van der Waals surface area contributed by atoms with Gasteiger partial charge in [0.05, 0.1) is 12.2 Å². The van der Waals surface area contributed by atoms with Crippen LogP contribution in [0.3, 0.4) is 0 Å². The number of carboxylic acids is 1. The quantitative estimate of drug-likeness (QED) is 0.854. The Morgan fingerprint density at radius 3 is 2.86 bits per heavy atom. The van der Waals surface area contributed by atoms with Gasteiger partial charge in [-0.1, -0.05) is 6.07 Å². The number of aryl methyl sites for hydroxylation is 1. The highest BCUT2D eigenvalue weighted by Crippen LogP contribution is 2.19. The first-order valence-corrected chi connectivity index (χ1v) is 6.56. The van der Waals surface area contributed by atoms with E-state index in [0.717, 1.165) is 28.8 Å². The molecular formula is C16H17N3O2. The minimum atomic E-state index is -0.979. The molecule has 0 amide bonds. The van der Waals surface area contributed by atoms with Gasteiger partial charge in [0.15, 0.2) is 0 Å². The molecule has 0 spiro atoms. The standard InChI is InChI=1S/C16H17N3O2/c1-12-5-3-7-14(18-12)11-19(2)16-13(6-4-10-17-16)8-9-15(20)21/h3-10H,11H2,1-2H3,(H,20,21)/b9-8+. The summed E-state index contributed by atoms with van der Waals surface area (Å²) in [5.41, 5.74) is 2.67. The van der Waals surface area contributed by atoms with E-state index in [0.29, 0.717) is 6.54 Å². The smallest absolute Gasteiger partial charge is 0.328 e. The van der Waals surface area contributed by atoms with E-state index in [4.69, 9.17) is 5.11 Å². The summed E-state index contributed by atoms with van der Waals surface area (Å²) in [4.78, 5) is 21.4. The van der Waals surface area contributed by atoms with Crippen LogP contribution in [0.1, 0.15) is 17.0 Å². The Morgan fingerprint density at radius 2 is 2.14 bits per heavy atom. The van der Waals surface area contributed by atoms with Gasteiger partial charge >= 0.3 is 5.97 Å². The van der Waals surface area contributed by atoms with Crippen LogP contribution in [0.2, 0.25) is 0 Å². The van der Waals surface area contributed by atoms with Crippen molar-refractivity contribution in [2.75, 3.05) is 11.9 Å². The molecule has 5 heteroatoms. The van der Waals surface area contributed by atoms with Crippen molar-refractivity contribution in [1.29, 1.82) is 0 Å². The molecule has 1 N–H and O–H groups in total. The summed E-state index contributed by atoms with van der Waals surface area (Å²) in [5, 5.41) is 8.74. The maximum absolute atomic E-state index is 10.7. The highest BCUT2D eigenvalue weighted by atomic mass is 16.4. The first kappa shape index (κ1) is 14.7. The van der Waals surface area contributed by atoms with Gasteiger partial charge in [-0.15, -0.1) is 0 Å². The molecular weight excluding hydrogens is 266 g/mol. The summed E-state index contributed by atoms with van der Waals surface area (Å²) >= 11 is 0. The third-order valence-electron chi connectivity index (χ3n) is 2.93. The van der Waals surface area contributed by atoms with Crippen LogP contribution >= 0.6 is 0 Å². The molecule has 2 heterocycles. The van der Waals surface area contributed by atoms with Crippen LogP contribution in [0.4, 0.5) is 5.82 Å². The Hall–Kier alpha value is -2.69. The summed E-state index contributed by atoms with van der Waals surface area (Å²) < 4.78 is 0. The summed E-state index contributed by atoms with van der Waals surface area (Å²) in [6, 6.07) is 9.49. The van der Waals surface area contributed by atoms with E-state index in [9.17, 15) is 4.79 Å². The fourth-order valence-electron chi connectivity index (χ4n) is 2.02. The molecule has 108 valence electrons. The highest BCUT2D eigenvalue weighted by molar-refractivity contribution is 5.86. The molecule has 0 aromatic carbocycles. The minimum Gasteiger partial charge on any atom is -0.478 e. The van der Waals surface area contributed by atoms with E-state index >= 15 is 0 Å². The van der Waals surface area contributed by atoms with E-state index in [1.165, 1.54) is 0 Å². The molecule has 0 aliphatic rings. The van der Waals surface area contributed by atoms with E-state index < -0.39 is 5.97 Å². The van der Waals surface area contributed by atoms with Crippen LogP contribution in [0.15, 0.2) is 42.6 Å². The van der Waals surface area contributed by atoms with Crippen LogP contribution in [0, 0.1) is 6.92 Å². The highest BCUT2D eigenvalue weighted by Gasteiger charge is 2.08. The van der Waals surface area contributed by atoms with Gasteiger partial charge in [0.1, 0.15) is 5.82 Å². The van der Waals surface area contributed by atoms with Crippen molar-refractivity contribution in [1.82, 2.24) is 9.97 Å². The van der Waals surface area contributed by atoms with Gasteiger partial charge < -0.3 is 10.0 Å². The van der Waals surface area contributed by atoms with Gasteiger partial charge in [-0.2, -0.15) is 0 Å². The lowest BCUT2D eigenvalue weighted by Crippen LogP contribution is -2.19. The lowest BCUT2D eigenvalue weighted by Gasteiger charge is -2.19. The van der Waals surface area contributed by atoms with Gasteiger partial charge in [-0.3, -0.25) is 4.98 Å². The number of hydrogen-bond acceptors (Lipinski definition) is 4. The van der Waals surface area contributed by atoms with Crippen LogP contribution in [-0.4, -0.2) is 28.1 Å². The predicted octanol–water partition coefficient (Wildman–Crippen LogP) is 2.52. The number of hydrogen-bond donors (Lipinski definition) is 1. The number of anilines is 1. The molecule has 5 nitrogen and oxygen atoms in total. The van der Waals surface area contributed by atoms with Crippen molar-refractivity contribution in [2.45, 2.75) is 13.5 Å². The normalized spacial score (nSPS) is 10.8. The van der Waals surface area contributed by atoms with Crippen LogP contribution in [-0.2, 0) is 11.3 Å². The van der Waals surface area contributed by atoms with E-state index in [1.54, 1.807) is 18.3 Å². The lowest BCUT2D eigenvalue weighted by molar-refractivity contribution is -0.131. The molecule has 2 aromatic rings. The fourth-order valence-corrected chi connectivity index (χ4v) is 2.02. The van der Waals surface area contributed by atoms with Crippen molar-refractivity contribution >= 4 is 17.9 Å². The number of carbonyl (C=O) groups is 1. The summed E-state index contributed by atoms with van der Waals surface area (Å²) in [5.74, 6) is -0.258. The Morgan fingerprint density at radius 1 is 1.33 bits per heavy atom. The summed E-state index contributed by atoms with van der Waals surface area (Å²) in [6.07, 6.45) is 4.34. The predicted molar refractivity (Wildman–Crippen MR) is 82.0 cm³/mol. The number of aromatic nitrogens is 2. The molecule has 0 aliphatic heterocycles. The van der Waals surface area contributed by atoms with Gasteiger partial charge in [0.2, 0.25) is 0 Å². The van der Waals surface area contributed by atoms with E-state index in [2.05, 4.69) is 9.97 Å². The molecule has 0 fully saturated rings. The van der Waals surface area contributed by atoms with Crippen molar-refractivity contribution in [2.24, 2.45) is 0 Å². The monoisotopic (exact) mass is 283 g/mol. The van der Waals surface area contributed by atoms with Crippen molar-refractivity contribution in [3.8, 4) is 0 Å². The van der Waals surface area contributed by atoms with Gasteiger partial charge in [0, 0.05) is 30.6 Å². The van der Waals surface area contributed by atoms with Crippen LogP contribution < -0.4 is 4.90 Å². The number of carboxylic acid groups (broad SMARTS) is 1. The Kier molecular flexibility index (Phi) is 4.66. The molecule has 0 radical (unpaired) electrons. The second-order valence-electron chi connectivity index (χ2n) is 4.71. The zero-order chi connectivity index (χ0) is 15.2. The zero-order valence-electron chi connectivity index (χ0n) is 12.0. The van der Waals surface area contributed by atoms with Gasteiger partial charge in [0.25, 0.3) is 0 Å². The Bertz CT molecular complexity index is 668. The van der Waals surface area contributed by atoms with Gasteiger partial charge in [-0.25, -0.2) is 9.78 Å². The Balaban J connectivity index is 2.23. The third kappa shape index (κ3) is 4.14. The number of rotatable bonds is 5. The maximum atomic E-state index is 10.7. The third-order valence-corrected chi connectivity index (χ3v) is 2.93. The molecule has 2 rings (SSSR count). The molecule has 0 unspecified atom stereocenters. The lowest BCUT2D eigenvalue weighted by atomic mass is 10.2. The molecule has 0 saturated carbocycles. The first-order valence-electron chi connectivity index (χ1n) is 6.56.